The SMILES string of the molecule is CC(c1ccccc1)c1cc(C(N)=O)c(NC(=O)C2c3ccccc3CCC2C(=O)O)s1. The lowest BCUT2D eigenvalue weighted by molar-refractivity contribution is -0.145. The summed E-state index contributed by atoms with van der Waals surface area (Å²) in [5.74, 6) is -3.74. The molecule has 2 aromatic carbocycles. The first kappa shape index (κ1) is 21.8. The Hall–Kier alpha value is -3.45. The minimum Gasteiger partial charge on any atom is -0.481 e. The van der Waals surface area contributed by atoms with Crippen molar-refractivity contribution >= 4 is 34.1 Å². The Morgan fingerprint density at radius 3 is 2.47 bits per heavy atom. The largest absolute Gasteiger partial charge is 0.481 e. The minimum absolute atomic E-state index is 0.00660. The summed E-state index contributed by atoms with van der Waals surface area (Å²) in [6.07, 6.45) is 0.995. The van der Waals surface area contributed by atoms with Gasteiger partial charge in [-0.15, -0.1) is 11.3 Å². The number of nitrogens with one attached hydrogen (secondary N) is 1. The van der Waals surface area contributed by atoms with Crippen LogP contribution >= 0.6 is 11.3 Å². The summed E-state index contributed by atoms with van der Waals surface area (Å²) in [5.41, 5.74) is 8.60. The summed E-state index contributed by atoms with van der Waals surface area (Å²) in [4.78, 5) is 38.2. The van der Waals surface area contributed by atoms with E-state index in [1.165, 1.54) is 11.3 Å². The molecule has 0 saturated heterocycles. The monoisotopic (exact) mass is 448 g/mol. The van der Waals surface area contributed by atoms with Crippen molar-refractivity contribution in [3.05, 3.63) is 87.8 Å². The van der Waals surface area contributed by atoms with Crippen molar-refractivity contribution in [3.8, 4) is 0 Å². The number of anilines is 1. The first-order valence-corrected chi connectivity index (χ1v) is 11.3. The lowest BCUT2D eigenvalue weighted by atomic mass is 9.74. The van der Waals surface area contributed by atoms with Gasteiger partial charge in [-0.2, -0.15) is 0 Å². The fourth-order valence-electron chi connectivity index (χ4n) is 4.34. The van der Waals surface area contributed by atoms with Crippen LogP contribution in [0.4, 0.5) is 5.00 Å². The molecule has 3 atom stereocenters. The number of carbonyl (C=O) groups excluding carboxylic acids is 2. The molecule has 2 amide bonds. The molecule has 1 aliphatic rings. The maximum absolute atomic E-state index is 13.3. The molecule has 3 aromatic rings. The molecule has 0 aliphatic heterocycles. The van der Waals surface area contributed by atoms with Crippen molar-refractivity contribution < 1.29 is 19.5 Å². The third-order valence-electron chi connectivity index (χ3n) is 6.10. The van der Waals surface area contributed by atoms with E-state index in [1.807, 2.05) is 55.5 Å². The van der Waals surface area contributed by atoms with Crippen molar-refractivity contribution in [2.45, 2.75) is 31.6 Å². The molecule has 6 nitrogen and oxygen atoms in total. The highest BCUT2D eigenvalue weighted by atomic mass is 32.1. The maximum Gasteiger partial charge on any atom is 0.307 e. The van der Waals surface area contributed by atoms with Crippen LogP contribution in [0.2, 0.25) is 0 Å². The topological polar surface area (TPSA) is 109 Å². The van der Waals surface area contributed by atoms with Crippen molar-refractivity contribution in [1.29, 1.82) is 0 Å². The molecule has 0 spiro atoms. The average Bonchev–Trinajstić information content (AvgIpc) is 3.22. The molecule has 1 heterocycles. The molecule has 0 fully saturated rings. The van der Waals surface area contributed by atoms with E-state index in [-0.39, 0.29) is 11.5 Å². The summed E-state index contributed by atoms with van der Waals surface area (Å²) < 4.78 is 0. The second-order valence-electron chi connectivity index (χ2n) is 8.04. The fraction of sp³-hybridized carbons (Fsp3) is 0.240. The molecule has 4 N–H and O–H groups in total. The highest BCUT2D eigenvalue weighted by Gasteiger charge is 2.39. The Bertz CT molecular complexity index is 1170. The van der Waals surface area contributed by atoms with Crippen LogP contribution in [0.3, 0.4) is 0 Å². The van der Waals surface area contributed by atoms with Gasteiger partial charge < -0.3 is 16.2 Å². The molecule has 7 heteroatoms. The second kappa shape index (κ2) is 8.96. The van der Waals surface area contributed by atoms with Crippen LogP contribution in [0.1, 0.15) is 57.1 Å². The van der Waals surface area contributed by atoms with Crippen LogP contribution in [0, 0.1) is 5.92 Å². The normalized spacial score (nSPS) is 18.4. The average molecular weight is 449 g/mol. The van der Waals surface area contributed by atoms with Crippen molar-refractivity contribution in [3.63, 3.8) is 0 Å². The number of benzene rings is 2. The van der Waals surface area contributed by atoms with Gasteiger partial charge in [0, 0.05) is 10.8 Å². The van der Waals surface area contributed by atoms with E-state index >= 15 is 0 Å². The summed E-state index contributed by atoms with van der Waals surface area (Å²) in [6, 6.07) is 19.0. The van der Waals surface area contributed by atoms with Crippen LogP contribution < -0.4 is 11.1 Å². The number of primary amides is 1. The number of fused-ring (bicyclic) bond motifs is 1. The summed E-state index contributed by atoms with van der Waals surface area (Å²) in [7, 11) is 0. The third-order valence-corrected chi connectivity index (χ3v) is 7.33. The third kappa shape index (κ3) is 4.16. The number of nitrogens with two attached hydrogens (primary N) is 1. The van der Waals surface area contributed by atoms with Crippen LogP contribution in [0.15, 0.2) is 60.7 Å². The van der Waals surface area contributed by atoms with E-state index in [2.05, 4.69) is 5.32 Å². The van der Waals surface area contributed by atoms with Crippen LogP contribution in [-0.2, 0) is 16.0 Å². The van der Waals surface area contributed by atoms with Gasteiger partial charge in [0.05, 0.1) is 17.4 Å². The molecule has 1 aliphatic carbocycles. The Labute approximate surface area is 190 Å². The van der Waals surface area contributed by atoms with Gasteiger partial charge in [-0.3, -0.25) is 14.4 Å². The fourth-order valence-corrected chi connectivity index (χ4v) is 5.49. The number of carboxylic acids is 1. The van der Waals surface area contributed by atoms with Crippen LogP contribution in [0.5, 0.6) is 0 Å². The van der Waals surface area contributed by atoms with Gasteiger partial charge in [0.1, 0.15) is 5.00 Å². The highest BCUT2D eigenvalue weighted by Crippen LogP contribution is 2.40. The van der Waals surface area contributed by atoms with E-state index in [4.69, 9.17) is 5.73 Å². The zero-order valence-corrected chi connectivity index (χ0v) is 18.4. The molecule has 4 rings (SSSR count). The summed E-state index contributed by atoms with van der Waals surface area (Å²) in [6.45, 7) is 2.02. The van der Waals surface area contributed by atoms with E-state index in [0.717, 1.165) is 21.6 Å². The summed E-state index contributed by atoms with van der Waals surface area (Å²) in [5, 5.41) is 12.9. The standard InChI is InChI=1S/C25H24N2O4S/c1-14(15-7-3-2-4-8-15)20-13-19(22(26)28)24(32-20)27-23(29)21-17-10-6-5-9-16(17)11-12-18(21)25(30)31/h2-10,13-14,18,21H,11-12H2,1H3,(H2,26,28)(H,27,29)(H,30,31). The predicted octanol–water partition coefficient (Wildman–Crippen LogP) is 4.37. The van der Waals surface area contributed by atoms with E-state index in [9.17, 15) is 19.5 Å². The van der Waals surface area contributed by atoms with Crippen molar-refractivity contribution in [2.24, 2.45) is 11.7 Å². The number of rotatable bonds is 6. The predicted molar refractivity (Wildman–Crippen MR) is 124 cm³/mol. The van der Waals surface area contributed by atoms with Gasteiger partial charge in [-0.25, -0.2) is 0 Å². The molecular weight excluding hydrogens is 424 g/mol. The Kier molecular flexibility index (Phi) is 6.10. The van der Waals surface area contributed by atoms with Gasteiger partial charge in [0.2, 0.25) is 5.91 Å². The van der Waals surface area contributed by atoms with Gasteiger partial charge in [-0.05, 0) is 35.6 Å². The molecule has 1 aromatic heterocycles. The Morgan fingerprint density at radius 1 is 1.09 bits per heavy atom. The van der Waals surface area contributed by atoms with Crippen LogP contribution in [0.25, 0.3) is 0 Å². The number of carboxylic acid groups (broad SMARTS) is 1. The number of aliphatic carboxylic acids is 1. The number of carbonyl (C=O) groups is 3. The number of hydrogen-bond acceptors (Lipinski definition) is 4. The van der Waals surface area contributed by atoms with E-state index < -0.39 is 29.6 Å². The molecule has 0 saturated carbocycles. The number of thiophene rings is 1. The zero-order chi connectivity index (χ0) is 22.8. The van der Waals surface area contributed by atoms with Crippen molar-refractivity contribution in [2.75, 3.05) is 5.32 Å². The molecular formula is C25H24N2O4S. The zero-order valence-electron chi connectivity index (χ0n) is 17.6. The first-order valence-electron chi connectivity index (χ1n) is 10.5. The quantitative estimate of drug-likeness (QED) is 0.520. The van der Waals surface area contributed by atoms with Gasteiger partial charge >= 0.3 is 5.97 Å². The number of amides is 2. The van der Waals surface area contributed by atoms with E-state index in [0.29, 0.717) is 17.8 Å². The van der Waals surface area contributed by atoms with Crippen LogP contribution in [-0.4, -0.2) is 22.9 Å². The number of aryl methyl sites for hydroxylation is 1. The van der Waals surface area contributed by atoms with Crippen molar-refractivity contribution in [1.82, 2.24) is 0 Å². The first-order chi connectivity index (χ1) is 15.4. The van der Waals surface area contributed by atoms with E-state index in [1.54, 1.807) is 12.1 Å². The Morgan fingerprint density at radius 2 is 1.78 bits per heavy atom. The molecule has 0 bridgehead atoms. The maximum atomic E-state index is 13.3. The Balaban J connectivity index is 1.67. The minimum atomic E-state index is -1.00. The number of hydrogen-bond donors (Lipinski definition) is 3. The lowest BCUT2D eigenvalue weighted by Gasteiger charge is -2.30. The smallest absolute Gasteiger partial charge is 0.307 e. The molecule has 3 unspecified atom stereocenters. The molecule has 32 heavy (non-hydrogen) atoms. The lowest BCUT2D eigenvalue weighted by Crippen LogP contribution is -2.35. The highest BCUT2D eigenvalue weighted by molar-refractivity contribution is 7.16. The summed E-state index contributed by atoms with van der Waals surface area (Å²) >= 11 is 1.29. The van der Waals surface area contributed by atoms with Gasteiger partial charge in [-0.1, -0.05) is 61.5 Å². The van der Waals surface area contributed by atoms with Gasteiger partial charge in [0.15, 0.2) is 0 Å². The van der Waals surface area contributed by atoms with Gasteiger partial charge in [0.25, 0.3) is 5.91 Å². The molecule has 164 valence electrons. The molecule has 0 radical (unpaired) electrons. The second-order valence-corrected chi connectivity index (χ2v) is 9.12.